The van der Waals surface area contributed by atoms with Crippen molar-refractivity contribution in [2.24, 2.45) is 0 Å². The van der Waals surface area contributed by atoms with Gasteiger partial charge in [-0.2, -0.15) is 0 Å². The minimum atomic E-state index is 0. The van der Waals surface area contributed by atoms with Crippen LogP contribution < -0.4 is 5.32 Å². The van der Waals surface area contributed by atoms with Crippen molar-refractivity contribution >= 4 is 40.7 Å². The number of aromatic hydroxyl groups is 1. The molecule has 0 spiro atoms. The van der Waals surface area contributed by atoms with E-state index in [0.717, 1.165) is 41.8 Å². The van der Waals surface area contributed by atoms with E-state index in [1.54, 1.807) is 0 Å². The second-order valence-electron chi connectivity index (χ2n) is 4.62. The van der Waals surface area contributed by atoms with Gasteiger partial charge in [-0.15, -0.1) is 24.8 Å². The molecule has 0 aromatic heterocycles. The maximum atomic E-state index is 10.2. The van der Waals surface area contributed by atoms with Crippen molar-refractivity contribution in [2.75, 3.05) is 26.2 Å². The van der Waals surface area contributed by atoms with Crippen LogP contribution in [0.1, 0.15) is 24.1 Å². The van der Waals surface area contributed by atoms with Crippen molar-refractivity contribution in [3.63, 3.8) is 0 Å². The van der Waals surface area contributed by atoms with Gasteiger partial charge >= 0.3 is 0 Å². The molecule has 0 unspecified atom stereocenters. The molecule has 19 heavy (non-hydrogen) atoms. The normalized spacial score (nSPS) is 17.2. The predicted molar refractivity (Wildman–Crippen MR) is 87.9 cm³/mol. The zero-order chi connectivity index (χ0) is 12.4. The van der Waals surface area contributed by atoms with Gasteiger partial charge in [0.2, 0.25) is 0 Å². The number of nitrogens with one attached hydrogen (secondary N) is 1. The Morgan fingerprint density at radius 1 is 1.26 bits per heavy atom. The van der Waals surface area contributed by atoms with Crippen LogP contribution in [0.25, 0.3) is 0 Å². The highest BCUT2D eigenvalue weighted by molar-refractivity contribution is 9.10. The summed E-state index contributed by atoms with van der Waals surface area (Å²) in [5, 5.41) is 13.5. The van der Waals surface area contributed by atoms with Gasteiger partial charge in [-0.05, 0) is 31.5 Å². The maximum absolute atomic E-state index is 10.2. The summed E-state index contributed by atoms with van der Waals surface area (Å²) in [5.41, 5.74) is 1.94. The summed E-state index contributed by atoms with van der Waals surface area (Å²) >= 11 is 3.50. The molecule has 0 bridgehead atoms. The maximum Gasteiger partial charge on any atom is 0.123 e. The fourth-order valence-electron chi connectivity index (χ4n) is 2.35. The predicted octanol–water partition coefficient (Wildman–Crippen LogP) is 3.27. The summed E-state index contributed by atoms with van der Waals surface area (Å²) < 4.78 is 1.03. The number of rotatable bonds is 2. The monoisotopic (exact) mass is 370 g/mol. The second-order valence-corrected chi connectivity index (χ2v) is 5.54. The number of hydrogen-bond acceptors (Lipinski definition) is 3. The highest BCUT2D eigenvalue weighted by Crippen LogP contribution is 2.33. The molecular weight excluding hydrogens is 351 g/mol. The molecule has 2 rings (SSSR count). The lowest BCUT2D eigenvalue weighted by Gasteiger charge is -2.33. The Kier molecular flexibility index (Phi) is 8.32. The van der Waals surface area contributed by atoms with Gasteiger partial charge in [0.25, 0.3) is 0 Å². The van der Waals surface area contributed by atoms with E-state index in [1.165, 1.54) is 0 Å². The molecule has 2 N–H and O–H groups in total. The Morgan fingerprint density at radius 3 is 2.42 bits per heavy atom. The van der Waals surface area contributed by atoms with Crippen molar-refractivity contribution in [1.29, 1.82) is 0 Å². The SMILES string of the molecule is Cc1cc(Br)cc([C@@H](C)N2CCNCC2)c1O.Cl.Cl. The third-order valence-electron chi connectivity index (χ3n) is 3.44. The summed E-state index contributed by atoms with van der Waals surface area (Å²) in [4.78, 5) is 2.40. The van der Waals surface area contributed by atoms with Gasteiger partial charge in [0, 0.05) is 42.3 Å². The van der Waals surface area contributed by atoms with E-state index in [1.807, 2.05) is 19.1 Å². The first kappa shape index (κ1) is 19.0. The van der Waals surface area contributed by atoms with Gasteiger partial charge in [-0.25, -0.2) is 0 Å². The topological polar surface area (TPSA) is 35.5 Å². The fraction of sp³-hybridized carbons (Fsp3) is 0.538. The number of halogens is 3. The number of piperazine rings is 1. The molecule has 0 amide bonds. The van der Waals surface area contributed by atoms with Crippen molar-refractivity contribution < 1.29 is 5.11 Å². The van der Waals surface area contributed by atoms with Crippen LogP contribution in [0.5, 0.6) is 5.75 Å². The number of phenols is 1. The summed E-state index contributed by atoms with van der Waals surface area (Å²) in [6, 6.07) is 4.23. The van der Waals surface area contributed by atoms with Crippen molar-refractivity contribution in [3.8, 4) is 5.75 Å². The van der Waals surface area contributed by atoms with E-state index in [9.17, 15) is 5.11 Å². The van der Waals surface area contributed by atoms with E-state index < -0.39 is 0 Å². The molecule has 1 saturated heterocycles. The minimum absolute atomic E-state index is 0. The quantitative estimate of drug-likeness (QED) is 0.837. The summed E-state index contributed by atoms with van der Waals surface area (Å²) in [6.45, 7) is 8.22. The van der Waals surface area contributed by atoms with E-state index in [-0.39, 0.29) is 30.9 Å². The van der Waals surface area contributed by atoms with Crippen LogP contribution in [0.4, 0.5) is 0 Å². The van der Waals surface area contributed by atoms with Crippen LogP contribution in [0.2, 0.25) is 0 Å². The van der Waals surface area contributed by atoms with Gasteiger partial charge in [0.1, 0.15) is 5.75 Å². The molecule has 1 atom stereocenters. The molecular formula is C13H21BrCl2N2O. The van der Waals surface area contributed by atoms with Crippen molar-refractivity contribution in [1.82, 2.24) is 10.2 Å². The van der Waals surface area contributed by atoms with Gasteiger partial charge in [0.15, 0.2) is 0 Å². The molecule has 1 aromatic rings. The molecule has 1 aliphatic heterocycles. The van der Waals surface area contributed by atoms with Gasteiger partial charge in [-0.3, -0.25) is 4.90 Å². The Hall–Kier alpha value is -0.000000000000000111. The van der Waals surface area contributed by atoms with Crippen LogP contribution in [-0.4, -0.2) is 36.2 Å². The molecule has 0 saturated carbocycles. The molecule has 1 aromatic carbocycles. The third-order valence-corrected chi connectivity index (χ3v) is 3.90. The standard InChI is InChI=1S/C13H19BrN2O.2ClH/c1-9-7-11(14)8-12(13(9)17)10(2)16-5-3-15-4-6-16;;/h7-8,10,15,17H,3-6H2,1-2H3;2*1H/t10-;;/m1../s1. The smallest absolute Gasteiger partial charge is 0.123 e. The first-order valence-corrected chi connectivity index (χ1v) is 6.82. The van der Waals surface area contributed by atoms with Gasteiger partial charge in [0.05, 0.1) is 0 Å². The summed E-state index contributed by atoms with van der Waals surface area (Å²) in [7, 11) is 0. The molecule has 3 nitrogen and oxygen atoms in total. The van der Waals surface area contributed by atoms with E-state index >= 15 is 0 Å². The second kappa shape index (κ2) is 8.32. The Bertz CT molecular complexity index is 412. The highest BCUT2D eigenvalue weighted by Gasteiger charge is 2.21. The van der Waals surface area contributed by atoms with Crippen molar-refractivity contribution in [2.45, 2.75) is 19.9 Å². The van der Waals surface area contributed by atoms with E-state index in [0.29, 0.717) is 5.75 Å². The third kappa shape index (κ3) is 4.50. The lowest BCUT2D eigenvalue weighted by molar-refractivity contribution is 0.183. The number of nitrogens with zero attached hydrogens (tertiary/aromatic N) is 1. The lowest BCUT2D eigenvalue weighted by atomic mass is 10.0. The van der Waals surface area contributed by atoms with Gasteiger partial charge in [-0.1, -0.05) is 15.9 Å². The summed E-state index contributed by atoms with van der Waals surface area (Å²) in [5.74, 6) is 0.430. The molecule has 110 valence electrons. The molecule has 1 aliphatic rings. The number of phenolic OH excluding ortho intramolecular Hbond substituents is 1. The first-order valence-electron chi connectivity index (χ1n) is 6.03. The number of benzene rings is 1. The average Bonchev–Trinajstić information content (AvgIpc) is 2.34. The fourth-order valence-corrected chi connectivity index (χ4v) is 2.94. The van der Waals surface area contributed by atoms with E-state index in [4.69, 9.17) is 0 Å². The Balaban J connectivity index is 0.00000162. The molecule has 1 heterocycles. The largest absolute Gasteiger partial charge is 0.507 e. The van der Waals surface area contributed by atoms with Crippen LogP contribution in [-0.2, 0) is 0 Å². The molecule has 1 fully saturated rings. The zero-order valence-electron chi connectivity index (χ0n) is 11.1. The Morgan fingerprint density at radius 2 is 1.84 bits per heavy atom. The van der Waals surface area contributed by atoms with Crippen molar-refractivity contribution in [3.05, 3.63) is 27.7 Å². The first-order chi connectivity index (χ1) is 8.09. The van der Waals surface area contributed by atoms with Crippen LogP contribution >= 0.6 is 40.7 Å². The Labute approximate surface area is 135 Å². The van der Waals surface area contributed by atoms with Crippen LogP contribution in [0.3, 0.4) is 0 Å². The lowest BCUT2D eigenvalue weighted by Crippen LogP contribution is -2.44. The minimum Gasteiger partial charge on any atom is -0.507 e. The van der Waals surface area contributed by atoms with Gasteiger partial charge < -0.3 is 10.4 Å². The molecule has 0 radical (unpaired) electrons. The zero-order valence-corrected chi connectivity index (χ0v) is 14.4. The van der Waals surface area contributed by atoms with E-state index in [2.05, 4.69) is 33.1 Å². The van der Waals surface area contributed by atoms with Crippen LogP contribution in [0, 0.1) is 6.92 Å². The number of hydrogen-bond donors (Lipinski definition) is 2. The molecule has 0 aliphatic carbocycles. The molecule has 6 heteroatoms. The number of aryl methyl sites for hydroxylation is 1. The van der Waals surface area contributed by atoms with Crippen LogP contribution in [0.15, 0.2) is 16.6 Å². The highest BCUT2D eigenvalue weighted by atomic mass is 79.9. The average molecular weight is 372 g/mol. The summed E-state index contributed by atoms with van der Waals surface area (Å²) in [6.07, 6.45) is 0.